The number of nitrogens with zero attached hydrogens (tertiary/aromatic N) is 2. The van der Waals surface area contributed by atoms with E-state index in [4.69, 9.17) is 5.73 Å². The van der Waals surface area contributed by atoms with Crippen molar-refractivity contribution in [2.24, 2.45) is 5.92 Å². The van der Waals surface area contributed by atoms with Gasteiger partial charge in [-0.2, -0.15) is 0 Å². The Labute approximate surface area is 122 Å². The number of carboxylic acid groups (broad SMARTS) is 1. The number of aliphatic carboxylic acids is 1. The summed E-state index contributed by atoms with van der Waals surface area (Å²) in [6.45, 7) is 1.47. The Bertz CT molecular complexity index is 654. The van der Waals surface area contributed by atoms with Gasteiger partial charge in [0.05, 0.1) is 28.0 Å². The summed E-state index contributed by atoms with van der Waals surface area (Å²) < 4.78 is 0. The molecule has 3 heterocycles. The number of hydrogen-bond acceptors (Lipinski definition) is 7. The zero-order chi connectivity index (χ0) is 14.6. The number of hydrogen-bond donors (Lipinski definition) is 3. The van der Waals surface area contributed by atoms with E-state index in [1.807, 2.05) is 0 Å². The molecule has 1 amide bonds. The first kappa shape index (κ1) is 13.4. The molecule has 1 aromatic rings. The molecule has 106 valence electrons. The third kappa shape index (κ3) is 1.67. The van der Waals surface area contributed by atoms with E-state index in [9.17, 15) is 19.8 Å². The predicted molar refractivity (Wildman–Crippen MR) is 74.6 cm³/mol. The predicted octanol–water partition coefficient (Wildman–Crippen LogP) is 0.311. The molecule has 0 bridgehead atoms. The van der Waals surface area contributed by atoms with Crippen LogP contribution in [0.1, 0.15) is 10.6 Å². The minimum absolute atomic E-state index is 0.0403. The molecular formula is C11H11N3O4S2. The number of amides is 1. The van der Waals surface area contributed by atoms with E-state index in [-0.39, 0.29) is 23.6 Å². The van der Waals surface area contributed by atoms with Crippen LogP contribution in [0.25, 0.3) is 4.91 Å². The molecule has 2 atom stereocenters. The van der Waals surface area contributed by atoms with Crippen LogP contribution in [0.5, 0.6) is 0 Å². The number of anilines is 1. The van der Waals surface area contributed by atoms with Crippen molar-refractivity contribution in [1.82, 2.24) is 9.88 Å². The number of thiazole rings is 1. The van der Waals surface area contributed by atoms with Crippen LogP contribution in [-0.2, 0) is 9.59 Å². The number of fused-ring (bicyclic) bond motifs is 1. The van der Waals surface area contributed by atoms with Gasteiger partial charge < -0.3 is 15.9 Å². The van der Waals surface area contributed by atoms with E-state index >= 15 is 0 Å². The number of carboxylic acids is 1. The van der Waals surface area contributed by atoms with Crippen LogP contribution in [-0.4, -0.2) is 44.0 Å². The Balaban J connectivity index is 2.08. The topological polar surface area (TPSA) is 117 Å². The number of thioether (sulfide) groups is 1. The van der Waals surface area contributed by atoms with Crippen molar-refractivity contribution < 1.29 is 19.8 Å². The molecule has 0 aliphatic carbocycles. The largest absolute Gasteiger partial charge is 0.477 e. The average Bonchev–Trinajstić information content (AvgIpc) is 2.87. The summed E-state index contributed by atoms with van der Waals surface area (Å²) >= 11 is 2.47. The van der Waals surface area contributed by atoms with Crippen LogP contribution in [0.4, 0.5) is 5.13 Å². The van der Waals surface area contributed by atoms with Crippen molar-refractivity contribution in [3.63, 3.8) is 0 Å². The van der Waals surface area contributed by atoms with Crippen LogP contribution in [0.2, 0.25) is 0 Å². The van der Waals surface area contributed by atoms with Gasteiger partial charge in [0, 0.05) is 0 Å². The van der Waals surface area contributed by atoms with Gasteiger partial charge in [0.2, 0.25) is 5.91 Å². The molecule has 0 radical (unpaired) electrons. The highest BCUT2D eigenvalue weighted by Gasteiger charge is 2.56. The Morgan fingerprint density at radius 2 is 2.25 bits per heavy atom. The number of carbonyl (C=O) groups excluding carboxylic acids is 1. The van der Waals surface area contributed by atoms with Crippen molar-refractivity contribution >= 4 is 45.0 Å². The minimum Gasteiger partial charge on any atom is -0.477 e. The molecule has 2 aliphatic heterocycles. The molecule has 1 aromatic heterocycles. The molecule has 9 heteroatoms. The number of aryl methyl sites for hydroxylation is 1. The smallest absolute Gasteiger partial charge is 0.353 e. The average molecular weight is 313 g/mol. The molecular weight excluding hydrogens is 302 g/mol. The number of nitrogen functional groups attached to an aromatic ring is 1. The molecule has 4 N–H and O–H groups in total. The van der Waals surface area contributed by atoms with Crippen LogP contribution in [0.15, 0.2) is 5.70 Å². The van der Waals surface area contributed by atoms with Gasteiger partial charge in [-0.3, -0.25) is 9.69 Å². The summed E-state index contributed by atoms with van der Waals surface area (Å²) in [4.78, 5) is 29.8. The first-order valence-corrected chi connectivity index (χ1v) is 7.46. The van der Waals surface area contributed by atoms with Gasteiger partial charge in [-0.25, -0.2) is 9.78 Å². The fraction of sp³-hybridized carbons (Fsp3) is 0.364. The molecule has 1 fully saturated rings. The lowest BCUT2D eigenvalue weighted by atomic mass is 9.98. The quantitative estimate of drug-likeness (QED) is 0.687. The van der Waals surface area contributed by atoms with Crippen LogP contribution < -0.4 is 5.73 Å². The SMILES string of the molecule is Cc1nc(N)sc1C1=C(C(=O)O)N2C(=O)[C@H](CO)[C@H]2S1. The molecule has 20 heavy (non-hydrogen) atoms. The second kappa shape index (κ2) is 4.47. The number of aliphatic hydroxyl groups is 1. The number of rotatable bonds is 3. The number of carbonyl (C=O) groups is 2. The number of aliphatic hydroxyl groups excluding tert-OH is 1. The second-order valence-electron chi connectivity index (χ2n) is 4.46. The first-order valence-electron chi connectivity index (χ1n) is 5.77. The number of nitrogens with two attached hydrogens (primary N) is 1. The van der Waals surface area contributed by atoms with Crippen molar-refractivity contribution in [1.29, 1.82) is 0 Å². The van der Waals surface area contributed by atoms with Crippen molar-refractivity contribution in [2.75, 3.05) is 12.3 Å². The Hall–Kier alpha value is -1.58. The summed E-state index contributed by atoms with van der Waals surface area (Å²) in [6.07, 6.45) is 0. The normalized spacial score (nSPS) is 24.9. The Morgan fingerprint density at radius 3 is 2.75 bits per heavy atom. The summed E-state index contributed by atoms with van der Waals surface area (Å²) in [6, 6.07) is 0. The van der Waals surface area contributed by atoms with E-state index in [1.165, 1.54) is 28.0 Å². The monoisotopic (exact) mass is 313 g/mol. The van der Waals surface area contributed by atoms with E-state index < -0.39 is 11.9 Å². The molecule has 3 rings (SSSR count). The highest BCUT2D eigenvalue weighted by Crippen LogP contribution is 2.54. The van der Waals surface area contributed by atoms with E-state index in [0.29, 0.717) is 20.6 Å². The number of β-lactam (4-membered cyclic amide) rings is 1. The third-order valence-corrected chi connectivity index (χ3v) is 5.81. The maximum Gasteiger partial charge on any atom is 0.353 e. The lowest BCUT2D eigenvalue weighted by Crippen LogP contribution is -2.58. The zero-order valence-electron chi connectivity index (χ0n) is 10.4. The minimum atomic E-state index is -1.16. The van der Waals surface area contributed by atoms with E-state index in [1.54, 1.807) is 6.92 Å². The van der Waals surface area contributed by atoms with Gasteiger partial charge in [0.1, 0.15) is 11.1 Å². The van der Waals surface area contributed by atoms with Gasteiger partial charge in [-0.05, 0) is 6.92 Å². The Morgan fingerprint density at radius 1 is 1.55 bits per heavy atom. The molecule has 0 spiro atoms. The number of aromatic nitrogens is 1. The standard InChI is InChI=1S/C11H11N3O4S2/c1-3-6(20-11(12)13-3)7-5(10(17)18)14-8(16)4(2-15)9(14)19-7/h4,9,15H,2H2,1H3,(H2,12,13)(H,17,18)/t4-,9+/m0/s1. The van der Waals surface area contributed by atoms with Crippen molar-refractivity contribution in [3.8, 4) is 0 Å². The highest BCUT2D eigenvalue weighted by atomic mass is 32.2. The zero-order valence-corrected chi connectivity index (χ0v) is 12.0. The summed E-state index contributed by atoms with van der Waals surface area (Å²) in [5.74, 6) is -2.06. The summed E-state index contributed by atoms with van der Waals surface area (Å²) in [7, 11) is 0. The van der Waals surface area contributed by atoms with Gasteiger partial charge in [0.15, 0.2) is 5.13 Å². The van der Waals surface area contributed by atoms with E-state index in [2.05, 4.69) is 4.98 Å². The molecule has 0 aromatic carbocycles. The molecule has 7 nitrogen and oxygen atoms in total. The highest BCUT2D eigenvalue weighted by molar-refractivity contribution is 8.09. The molecule has 2 aliphatic rings. The van der Waals surface area contributed by atoms with Crippen LogP contribution in [0.3, 0.4) is 0 Å². The van der Waals surface area contributed by atoms with Crippen molar-refractivity contribution in [3.05, 3.63) is 16.3 Å². The van der Waals surface area contributed by atoms with Gasteiger partial charge in [-0.15, -0.1) is 0 Å². The van der Waals surface area contributed by atoms with Crippen LogP contribution in [0, 0.1) is 12.8 Å². The van der Waals surface area contributed by atoms with E-state index in [0.717, 1.165) is 0 Å². The molecule has 0 unspecified atom stereocenters. The Kier molecular flexibility index (Phi) is 3.00. The molecule has 0 saturated carbocycles. The third-order valence-electron chi connectivity index (χ3n) is 3.27. The summed E-state index contributed by atoms with van der Waals surface area (Å²) in [5, 5.41) is 18.6. The lowest BCUT2D eigenvalue weighted by molar-refractivity contribution is -0.153. The maximum absolute atomic E-state index is 11.9. The lowest BCUT2D eigenvalue weighted by Gasteiger charge is -2.41. The van der Waals surface area contributed by atoms with Gasteiger partial charge in [-0.1, -0.05) is 23.1 Å². The fourth-order valence-electron chi connectivity index (χ4n) is 2.34. The van der Waals surface area contributed by atoms with Crippen LogP contribution >= 0.6 is 23.1 Å². The molecule has 1 saturated heterocycles. The fourth-order valence-corrected chi connectivity index (χ4v) is 4.86. The van der Waals surface area contributed by atoms with Crippen molar-refractivity contribution in [2.45, 2.75) is 12.3 Å². The maximum atomic E-state index is 11.9. The van der Waals surface area contributed by atoms with Gasteiger partial charge in [0.25, 0.3) is 0 Å². The first-order chi connectivity index (χ1) is 9.45. The van der Waals surface area contributed by atoms with Gasteiger partial charge >= 0.3 is 5.97 Å². The second-order valence-corrected chi connectivity index (χ2v) is 6.61. The summed E-state index contributed by atoms with van der Waals surface area (Å²) in [5.41, 5.74) is 6.24.